The number of fused-ring (bicyclic) bond motifs is 2. The van der Waals surface area contributed by atoms with Crippen LogP contribution in [0.4, 0.5) is 5.95 Å². The second kappa shape index (κ2) is 6.09. The van der Waals surface area contributed by atoms with Crippen LogP contribution in [0, 0.1) is 17.8 Å². The van der Waals surface area contributed by atoms with E-state index in [1.165, 1.54) is 0 Å². The molecule has 3 aromatic rings. The van der Waals surface area contributed by atoms with Crippen molar-refractivity contribution in [3.05, 3.63) is 54.7 Å². The standard InChI is InChI=1S/C19H20N6O/c26-18(13-2-3-17-20-8-9-24(17)10-13)21-7-4-14-15-11-25(12-16(14)15)19-22-5-1-6-23-19/h1-3,5-6,8-10,14-16H,4,7,11-12H2,(H,21,26)/t14?,15-,16+. The zero-order valence-electron chi connectivity index (χ0n) is 14.3. The Morgan fingerprint density at radius 3 is 2.73 bits per heavy atom. The maximum Gasteiger partial charge on any atom is 0.252 e. The van der Waals surface area contributed by atoms with Crippen molar-refractivity contribution in [2.45, 2.75) is 6.42 Å². The Labute approximate surface area is 151 Å². The van der Waals surface area contributed by atoms with Crippen molar-refractivity contribution in [2.75, 3.05) is 24.5 Å². The van der Waals surface area contributed by atoms with Gasteiger partial charge in [0.2, 0.25) is 5.95 Å². The van der Waals surface area contributed by atoms with Crippen LogP contribution in [0.15, 0.2) is 49.2 Å². The second-order valence-electron chi connectivity index (χ2n) is 7.10. The molecular formula is C19H20N6O. The molecule has 26 heavy (non-hydrogen) atoms. The number of pyridine rings is 1. The van der Waals surface area contributed by atoms with E-state index in [1.54, 1.807) is 18.6 Å². The van der Waals surface area contributed by atoms with Crippen molar-refractivity contribution in [3.8, 4) is 0 Å². The Kier molecular flexibility index (Phi) is 3.58. The zero-order valence-corrected chi connectivity index (χ0v) is 14.3. The predicted octanol–water partition coefficient (Wildman–Crippen LogP) is 1.63. The van der Waals surface area contributed by atoms with E-state index in [1.807, 2.05) is 35.0 Å². The maximum absolute atomic E-state index is 12.3. The van der Waals surface area contributed by atoms with Crippen molar-refractivity contribution >= 4 is 17.5 Å². The first-order valence-corrected chi connectivity index (χ1v) is 9.02. The van der Waals surface area contributed by atoms with E-state index in [0.29, 0.717) is 11.5 Å². The quantitative estimate of drug-likeness (QED) is 0.758. The maximum atomic E-state index is 12.3. The van der Waals surface area contributed by atoms with Crippen LogP contribution in [0.1, 0.15) is 16.8 Å². The minimum Gasteiger partial charge on any atom is -0.352 e. The van der Waals surface area contributed by atoms with Gasteiger partial charge in [-0.2, -0.15) is 0 Å². The fourth-order valence-corrected chi connectivity index (χ4v) is 4.20. The third kappa shape index (κ3) is 2.69. The lowest BCUT2D eigenvalue weighted by molar-refractivity contribution is 0.0952. The molecule has 0 radical (unpaired) electrons. The van der Waals surface area contributed by atoms with Crippen molar-refractivity contribution in [1.29, 1.82) is 0 Å². The summed E-state index contributed by atoms with van der Waals surface area (Å²) in [5.41, 5.74) is 1.51. The normalized spacial score (nSPS) is 23.8. The average Bonchev–Trinajstić information content (AvgIpc) is 3.07. The molecular weight excluding hydrogens is 328 g/mol. The minimum absolute atomic E-state index is 0.0225. The topological polar surface area (TPSA) is 75.4 Å². The van der Waals surface area contributed by atoms with Crippen LogP contribution in [0.2, 0.25) is 0 Å². The molecule has 1 aliphatic heterocycles. The summed E-state index contributed by atoms with van der Waals surface area (Å²) in [4.78, 5) is 27.4. The molecule has 1 saturated carbocycles. The third-order valence-electron chi connectivity index (χ3n) is 5.62. The largest absolute Gasteiger partial charge is 0.352 e. The number of amides is 1. The fourth-order valence-electron chi connectivity index (χ4n) is 4.20. The molecule has 1 N–H and O–H groups in total. The molecule has 1 unspecified atom stereocenters. The molecule has 0 aromatic carbocycles. The summed E-state index contributed by atoms with van der Waals surface area (Å²) in [5.74, 6) is 2.97. The third-order valence-corrected chi connectivity index (χ3v) is 5.62. The highest BCUT2D eigenvalue weighted by Gasteiger charge is 2.55. The average molecular weight is 348 g/mol. The number of hydrogen-bond acceptors (Lipinski definition) is 5. The van der Waals surface area contributed by atoms with Crippen molar-refractivity contribution < 1.29 is 4.79 Å². The second-order valence-corrected chi connectivity index (χ2v) is 7.10. The predicted molar refractivity (Wildman–Crippen MR) is 96.9 cm³/mol. The van der Waals surface area contributed by atoms with Crippen LogP contribution in [-0.4, -0.2) is 44.9 Å². The van der Waals surface area contributed by atoms with Crippen LogP contribution in [-0.2, 0) is 0 Å². The van der Waals surface area contributed by atoms with Crippen LogP contribution in [0.25, 0.3) is 5.65 Å². The number of rotatable bonds is 5. The number of imidazole rings is 1. The van der Waals surface area contributed by atoms with E-state index < -0.39 is 0 Å². The lowest BCUT2D eigenvalue weighted by Gasteiger charge is -2.19. The van der Waals surface area contributed by atoms with Crippen LogP contribution in [0.5, 0.6) is 0 Å². The highest BCUT2D eigenvalue weighted by molar-refractivity contribution is 5.94. The first kappa shape index (κ1) is 15.3. The molecule has 1 saturated heterocycles. The lowest BCUT2D eigenvalue weighted by atomic mass is 10.2. The van der Waals surface area contributed by atoms with Gasteiger partial charge in [0.05, 0.1) is 5.56 Å². The van der Waals surface area contributed by atoms with Crippen LogP contribution in [0.3, 0.4) is 0 Å². The van der Waals surface area contributed by atoms with E-state index in [9.17, 15) is 4.79 Å². The van der Waals surface area contributed by atoms with Gasteiger partial charge in [0, 0.05) is 50.6 Å². The Bertz CT molecular complexity index is 927. The Morgan fingerprint density at radius 1 is 1.12 bits per heavy atom. The van der Waals surface area contributed by atoms with E-state index in [4.69, 9.17) is 0 Å². The molecule has 2 fully saturated rings. The molecule has 1 amide bonds. The lowest BCUT2D eigenvalue weighted by Crippen LogP contribution is -2.28. The molecule has 7 heteroatoms. The number of anilines is 1. The van der Waals surface area contributed by atoms with Gasteiger partial charge in [0.15, 0.2) is 0 Å². The number of carbonyl (C=O) groups excluding carboxylic acids is 1. The summed E-state index contributed by atoms with van der Waals surface area (Å²) in [7, 11) is 0. The highest BCUT2D eigenvalue weighted by Crippen LogP contribution is 2.53. The van der Waals surface area contributed by atoms with E-state index in [-0.39, 0.29) is 5.91 Å². The number of piperidine rings is 1. The van der Waals surface area contributed by atoms with Crippen LogP contribution >= 0.6 is 0 Å². The Morgan fingerprint density at radius 2 is 1.92 bits per heavy atom. The summed E-state index contributed by atoms with van der Waals surface area (Å²) in [6.07, 6.45) is 10.0. The number of aromatic nitrogens is 4. The van der Waals surface area contributed by atoms with Crippen LogP contribution < -0.4 is 10.2 Å². The van der Waals surface area contributed by atoms with Gasteiger partial charge >= 0.3 is 0 Å². The van der Waals surface area contributed by atoms with E-state index in [0.717, 1.165) is 49.5 Å². The Hall–Kier alpha value is -2.96. The van der Waals surface area contributed by atoms with Gasteiger partial charge in [-0.15, -0.1) is 0 Å². The van der Waals surface area contributed by atoms with E-state index >= 15 is 0 Å². The fraction of sp³-hybridized carbons (Fsp3) is 0.368. The molecule has 7 nitrogen and oxygen atoms in total. The van der Waals surface area contributed by atoms with Gasteiger partial charge in [-0.05, 0) is 42.4 Å². The molecule has 5 rings (SSSR count). The monoisotopic (exact) mass is 348 g/mol. The van der Waals surface area contributed by atoms with Crippen molar-refractivity contribution in [3.63, 3.8) is 0 Å². The van der Waals surface area contributed by atoms with Crippen molar-refractivity contribution in [2.24, 2.45) is 17.8 Å². The molecule has 132 valence electrons. The molecule has 2 aliphatic rings. The van der Waals surface area contributed by atoms with Gasteiger partial charge < -0.3 is 14.6 Å². The molecule has 3 aromatic heterocycles. The number of carbonyl (C=O) groups is 1. The van der Waals surface area contributed by atoms with Gasteiger partial charge in [-0.3, -0.25) is 4.79 Å². The molecule has 0 spiro atoms. The van der Waals surface area contributed by atoms with Gasteiger partial charge in [0.1, 0.15) is 5.65 Å². The molecule has 4 heterocycles. The minimum atomic E-state index is -0.0225. The first-order valence-electron chi connectivity index (χ1n) is 9.02. The van der Waals surface area contributed by atoms with Crippen molar-refractivity contribution in [1.82, 2.24) is 24.7 Å². The SMILES string of the molecule is O=C(NCCC1[C@H]2CN(c3ncccn3)C[C@@H]12)c1ccc2nccn2c1. The zero-order chi connectivity index (χ0) is 17.5. The number of nitrogens with zero attached hydrogens (tertiary/aromatic N) is 5. The number of nitrogens with one attached hydrogen (secondary N) is 1. The summed E-state index contributed by atoms with van der Waals surface area (Å²) < 4.78 is 1.86. The first-order chi connectivity index (χ1) is 12.8. The molecule has 1 aliphatic carbocycles. The summed E-state index contributed by atoms with van der Waals surface area (Å²) >= 11 is 0. The van der Waals surface area contributed by atoms with Gasteiger partial charge in [0.25, 0.3) is 5.91 Å². The Balaban J connectivity index is 1.10. The van der Waals surface area contributed by atoms with Gasteiger partial charge in [-0.1, -0.05) is 0 Å². The molecule has 3 atom stereocenters. The number of hydrogen-bond donors (Lipinski definition) is 1. The van der Waals surface area contributed by atoms with E-state index in [2.05, 4.69) is 25.2 Å². The summed E-state index contributed by atoms with van der Waals surface area (Å²) in [6, 6.07) is 5.53. The molecule has 0 bridgehead atoms. The van der Waals surface area contributed by atoms with Gasteiger partial charge in [-0.25, -0.2) is 15.0 Å². The smallest absolute Gasteiger partial charge is 0.252 e. The highest BCUT2D eigenvalue weighted by atomic mass is 16.1. The summed E-state index contributed by atoms with van der Waals surface area (Å²) in [6.45, 7) is 2.79. The summed E-state index contributed by atoms with van der Waals surface area (Å²) in [5, 5.41) is 3.05.